The molecule has 0 radical (unpaired) electrons. The molecule has 0 saturated heterocycles. The van der Waals surface area contributed by atoms with E-state index in [9.17, 15) is 18.0 Å². The first-order valence-corrected chi connectivity index (χ1v) is 8.04. The molecule has 112 valence electrons. The van der Waals surface area contributed by atoms with Crippen LogP contribution in [0.4, 0.5) is 0 Å². The van der Waals surface area contributed by atoms with Gasteiger partial charge in [0.05, 0.1) is 12.1 Å². The van der Waals surface area contributed by atoms with Crippen molar-refractivity contribution < 1.29 is 23.1 Å². The number of rotatable bonds is 6. The Kier molecular flexibility index (Phi) is 5.26. The van der Waals surface area contributed by atoms with Crippen molar-refractivity contribution >= 4 is 33.2 Å². The van der Waals surface area contributed by atoms with Crippen LogP contribution >= 0.6 is 11.3 Å². The third-order valence-corrected chi connectivity index (χ3v) is 5.92. The number of hydrogen-bond donors (Lipinski definition) is 1. The fourth-order valence-electron chi connectivity index (χ4n) is 1.35. The molecule has 0 unspecified atom stereocenters. The van der Waals surface area contributed by atoms with Crippen molar-refractivity contribution in [2.45, 2.75) is 11.1 Å². The molecule has 9 heteroatoms. The third-order valence-electron chi connectivity index (χ3n) is 2.58. The number of carbonyl (C=O) groups excluding carboxylic acids is 1. The average Bonchev–Trinajstić information content (AvgIpc) is 2.85. The number of amides is 1. The lowest BCUT2D eigenvalue weighted by Gasteiger charge is -2.20. The standard InChI is InChI=1S/C11H16N2O5S2/c1-4-13(6-9(14)12(2)3)20(17,18)10-5-8(7-19-10)11(15)16/h5,7H,4,6H2,1-3H3,(H,15,16). The number of hydrogen-bond acceptors (Lipinski definition) is 5. The first-order chi connectivity index (χ1) is 9.20. The van der Waals surface area contributed by atoms with Gasteiger partial charge < -0.3 is 10.0 Å². The number of carbonyl (C=O) groups is 2. The maximum Gasteiger partial charge on any atom is 0.336 e. The molecule has 0 aliphatic rings. The van der Waals surface area contributed by atoms with Gasteiger partial charge in [-0.15, -0.1) is 11.3 Å². The summed E-state index contributed by atoms with van der Waals surface area (Å²) in [4.78, 5) is 23.7. The summed E-state index contributed by atoms with van der Waals surface area (Å²) in [5.41, 5.74) is -0.0800. The fourth-order valence-corrected chi connectivity index (χ4v) is 4.05. The van der Waals surface area contributed by atoms with Gasteiger partial charge in [0.25, 0.3) is 10.0 Å². The van der Waals surface area contributed by atoms with Crippen molar-refractivity contribution in [3.8, 4) is 0 Å². The van der Waals surface area contributed by atoms with Crippen molar-refractivity contribution in [1.29, 1.82) is 0 Å². The predicted molar refractivity (Wildman–Crippen MR) is 74.4 cm³/mol. The lowest BCUT2D eigenvalue weighted by atomic mass is 10.4. The second kappa shape index (κ2) is 6.33. The van der Waals surface area contributed by atoms with Gasteiger partial charge in [-0.25, -0.2) is 13.2 Å². The molecule has 0 saturated carbocycles. The number of carboxylic acid groups (broad SMARTS) is 1. The van der Waals surface area contributed by atoms with E-state index in [-0.39, 0.29) is 28.8 Å². The largest absolute Gasteiger partial charge is 0.478 e. The Bertz CT molecular complexity index is 606. The molecule has 0 atom stereocenters. The highest BCUT2D eigenvalue weighted by molar-refractivity contribution is 7.91. The van der Waals surface area contributed by atoms with Gasteiger partial charge in [0.2, 0.25) is 5.91 Å². The third kappa shape index (κ3) is 3.56. The van der Waals surface area contributed by atoms with Crippen molar-refractivity contribution in [2.24, 2.45) is 0 Å². The molecule has 1 amide bonds. The lowest BCUT2D eigenvalue weighted by molar-refractivity contribution is -0.128. The number of aromatic carboxylic acids is 1. The zero-order valence-corrected chi connectivity index (χ0v) is 13.0. The minimum Gasteiger partial charge on any atom is -0.478 e. The Labute approximate surface area is 121 Å². The Balaban J connectivity index is 3.05. The Morgan fingerprint density at radius 1 is 1.35 bits per heavy atom. The SMILES string of the molecule is CCN(CC(=O)N(C)C)S(=O)(=O)c1cc(C(=O)O)cs1. The number of carboxylic acids is 1. The van der Waals surface area contributed by atoms with E-state index in [1.54, 1.807) is 6.92 Å². The van der Waals surface area contributed by atoms with Crippen molar-refractivity contribution in [3.05, 3.63) is 17.0 Å². The van der Waals surface area contributed by atoms with Crippen LogP contribution in [-0.4, -0.2) is 61.8 Å². The predicted octanol–water partition coefficient (Wildman–Crippen LogP) is 0.545. The molecule has 1 N–H and O–H groups in total. The lowest BCUT2D eigenvalue weighted by Crippen LogP contribution is -2.39. The molecule has 20 heavy (non-hydrogen) atoms. The van der Waals surface area contributed by atoms with E-state index < -0.39 is 16.0 Å². The van der Waals surface area contributed by atoms with E-state index in [1.165, 1.54) is 24.4 Å². The number of nitrogens with zero attached hydrogens (tertiary/aromatic N) is 2. The highest BCUT2D eigenvalue weighted by Gasteiger charge is 2.28. The molecule has 0 bridgehead atoms. The summed E-state index contributed by atoms with van der Waals surface area (Å²) in [6.07, 6.45) is 0. The molecule has 0 fully saturated rings. The quantitative estimate of drug-likeness (QED) is 0.825. The minimum atomic E-state index is -3.85. The number of likely N-dealkylation sites (N-methyl/N-ethyl adjacent to an activating group) is 2. The smallest absolute Gasteiger partial charge is 0.336 e. The first-order valence-electron chi connectivity index (χ1n) is 5.72. The van der Waals surface area contributed by atoms with Crippen LogP contribution in [0.3, 0.4) is 0 Å². The maximum absolute atomic E-state index is 12.3. The summed E-state index contributed by atoms with van der Waals surface area (Å²) in [6, 6.07) is 1.10. The molecule has 1 heterocycles. The summed E-state index contributed by atoms with van der Waals surface area (Å²) in [6.45, 7) is 1.47. The zero-order chi connectivity index (χ0) is 15.5. The molecule has 0 aromatic carbocycles. The van der Waals surface area contributed by atoms with Gasteiger partial charge in [-0.3, -0.25) is 4.79 Å². The highest BCUT2D eigenvalue weighted by atomic mass is 32.2. The fraction of sp³-hybridized carbons (Fsp3) is 0.455. The van der Waals surface area contributed by atoms with E-state index in [0.717, 1.165) is 21.7 Å². The Hall–Kier alpha value is -1.45. The van der Waals surface area contributed by atoms with Crippen molar-refractivity contribution in [1.82, 2.24) is 9.21 Å². The molecule has 1 aromatic rings. The second-order valence-corrected chi connectivity index (χ2v) is 7.25. The summed E-state index contributed by atoms with van der Waals surface area (Å²) >= 11 is 0.829. The summed E-state index contributed by atoms with van der Waals surface area (Å²) < 4.78 is 25.6. The first kappa shape index (κ1) is 16.6. The normalized spacial score (nSPS) is 11.6. The molecule has 1 rings (SSSR count). The topological polar surface area (TPSA) is 95.0 Å². The molecule has 7 nitrogen and oxygen atoms in total. The molecular formula is C11H16N2O5S2. The monoisotopic (exact) mass is 320 g/mol. The average molecular weight is 320 g/mol. The molecule has 1 aromatic heterocycles. The van der Waals surface area contributed by atoms with Crippen LogP contribution in [0.5, 0.6) is 0 Å². The molecule has 0 spiro atoms. The van der Waals surface area contributed by atoms with Gasteiger partial charge in [0.1, 0.15) is 4.21 Å². The van der Waals surface area contributed by atoms with Crippen LogP contribution < -0.4 is 0 Å². The summed E-state index contributed by atoms with van der Waals surface area (Å²) in [5.74, 6) is -1.53. The van der Waals surface area contributed by atoms with E-state index >= 15 is 0 Å². The van der Waals surface area contributed by atoms with Gasteiger partial charge >= 0.3 is 5.97 Å². The van der Waals surface area contributed by atoms with Gasteiger partial charge in [-0.1, -0.05) is 6.92 Å². The number of sulfonamides is 1. The van der Waals surface area contributed by atoms with E-state index in [2.05, 4.69) is 0 Å². The van der Waals surface area contributed by atoms with Crippen LogP contribution in [0, 0.1) is 0 Å². The molecular weight excluding hydrogens is 304 g/mol. The van der Waals surface area contributed by atoms with Crippen molar-refractivity contribution in [3.63, 3.8) is 0 Å². The highest BCUT2D eigenvalue weighted by Crippen LogP contribution is 2.24. The van der Waals surface area contributed by atoms with Crippen molar-refractivity contribution in [2.75, 3.05) is 27.2 Å². The van der Waals surface area contributed by atoms with Crippen LogP contribution in [0.2, 0.25) is 0 Å². The van der Waals surface area contributed by atoms with Crippen LogP contribution in [0.25, 0.3) is 0 Å². The summed E-state index contributed by atoms with van der Waals surface area (Å²) in [7, 11) is -0.775. The summed E-state index contributed by atoms with van der Waals surface area (Å²) in [5, 5.41) is 10.1. The van der Waals surface area contributed by atoms with Gasteiger partial charge in [-0.2, -0.15) is 4.31 Å². The zero-order valence-electron chi connectivity index (χ0n) is 11.4. The van der Waals surface area contributed by atoms with E-state index in [0.29, 0.717) is 0 Å². The van der Waals surface area contributed by atoms with E-state index in [1.807, 2.05) is 0 Å². The van der Waals surface area contributed by atoms with Crippen LogP contribution in [0.1, 0.15) is 17.3 Å². The van der Waals surface area contributed by atoms with Crippen LogP contribution in [0.15, 0.2) is 15.7 Å². The molecule has 0 aliphatic carbocycles. The Morgan fingerprint density at radius 2 is 1.95 bits per heavy atom. The second-order valence-electron chi connectivity index (χ2n) is 4.18. The Morgan fingerprint density at radius 3 is 2.35 bits per heavy atom. The van der Waals surface area contributed by atoms with Gasteiger partial charge in [0, 0.05) is 26.0 Å². The maximum atomic E-state index is 12.3. The number of thiophene rings is 1. The minimum absolute atomic E-state index is 0.0800. The van der Waals surface area contributed by atoms with Gasteiger partial charge in [0.15, 0.2) is 0 Å². The van der Waals surface area contributed by atoms with E-state index in [4.69, 9.17) is 5.11 Å². The van der Waals surface area contributed by atoms with Crippen LogP contribution in [-0.2, 0) is 14.8 Å². The molecule has 0 aliphatic heterocycles. The van der Waals surface area contributed by atoms with Gasteiger partial charge in [-0.05, 0) is 6.07 Å².